The molecule has 0 saturated heterocycles. The Kier molecular flexibility index (Phi) is 6.18. The van der Waals surface area contributed by atoms with Crippen LogP contribution < -0.4 is 0 Å². The molecule has 0 saturated carbocycles. The quantitative estimate of drug-likeness (QED) is 0.187. The Hall–Kier alpha value is -7.11. The molecule has 0 aliphatic rings. The molecule has 0 aliphatic heterocycles. The van der Waals surface area contributed by atoms with E-state index in [1.165, 1.54) is 11.1 Å². The normalized spacial score (nSPS) is 11.8. The van der Waals surface area contributed by atoms with E-state index in [2.05, 4.69) is 115 Å². The molecule has 11 rings (SSSR count). The molecule has 0 atom stereocenters. The van der Waals surface area contributed by atoms with Gasteiger partial charge in [0.1, 0.15) is 22.3 Å². The zero-order valence-corrected chi connectivity index (χ0v) is 27.7. The summed E-state index contributed by atoms with van der Waals surface area (Å²) in [5.74, 6) is 1.74. The zero-order valence-electron chi connectivity index (χ0n) is 27.7. The second-order valence-corrected chi connectivity index (χ2v) is 13.2. The van der Waals surface area contributed by atoms with Gasteiger partial charge >= 0.3 is 0 Å². The monoisotopic (exact) mass is 665 g/mol. The molecule has 0 aliphatic carbocycles. The van der Waals surface area contributed by atoms with E-state index in [0.29, 0.717) is 17.5 Å². The maximum atomic E-state index is 6.45. The summed E-state index contributed by atoms with van der Waals surface area (Å²) in [6, 6.07) is 56.3. The van der Waals surface area contributed by atoms with Gasteiger partial charge in [0.05, 0.1) is 0 Å². The van der Waals surface area contributed by atoms with Crippen molar-refractivity contribution in [1.82, 2.24) is 15.0 Å². The number of furan rings is 2. The third-order valence-corrected chi connectivity index (χ3v) is 10.1. The van der Waals surface area contributed by atoms with Gasteiger partial charge in [-0.1, -0.05) is 127 Å². The summed E-state index contributed by atoms with van der Waals surface area (Å²) in [7, 11) is 0. The van der Waals surface area contributed by atoms with Gasteiger partial charge < -0.3 is 8.83 Å². The second kappa shape index (κ2) is 11.2. The molecule has 0 radical (unpaired) electrons. The summed E-state index contributed by atoms with van der Waals surface area (Å²) in [5, 5.41) is 8.56. The summed E-state index contributed by atoms with van der Waals surface area (Å²) < 4.78 is 12.7. The predicted octanol–water partition coefficient (Wildman–Crippen LogP) is 12.6. The third kappa shape index (κ3) is 4.46. The Morgan fingerprint density at radius 2 is 0.865 bits per heavy atom. The number of aromatic nitrogens is 3. The van der Waals surface area contributed by atoms with Gasteiger partial charge in [0, 0.05) is 38.2 Å². The van der Waals surface area contributed by atoms with Crippen molar-refractivity contribution in [1.29, 1.82) is 0 Å². The fourth-order valence-corrected chi connectivity index (χ4v) is 7.68. The first-order valence-corrected chi connectivity index (χ1v) is 17.3. The molecular weight excluding hydrogens is 639 g/mol. The number of para-hydroxylation sites is 2. The molecule has 0 N–H and O–H groups in total. The molecule has 0 fully saturated rings. The van der Waals surface area contributed by atoms with E-state index in [0.717, 1.165) is 82.1 Å². The van der Waals surface area contributed by atoms with Crippen molar-refractivity contribution in [3.63, 3.8) is 0 Å². The number of nitrogens with zero attached hydrogens (tertiary/aromatic N) is 3. The van der Waals surface area contributed by atoms with Gasteiger partial charge in [-0.3, -0.25) is 0 Å². The van der Waals surface area contributed by atoms with E-state index in [1.807, 2.05) is 48.5 Å². The number of benzene rings is 8. The Bertz CT molecular complexity index is 3190. The van der Waals surface area contributed by atoms with Crippen LogP contribution in [0.3, 0.4) is 0 Å². The van der Waals surface area contributed by atoms with Crippen molar-refractivity contribution in [2.75, 3.05) is 0 Å². The minimum absolute atomic E-state index is 0.572. The maximum absolute atomic E-state index is 6.45. The minimum atomic E-state index is 0.572. The molecule has 5 nitrogen and oxygen atoms in total. The SMILES string of the molecule is c1ccc(-c2ccc3cc(-c4nc(-c5cc6oc7ccccc7c6c6ccccc56)nc(-c5cccc6oc7ccccc7c56)n4)ccc3c2)cc1. The van der Waals surface area contributed by atoms with E-state index >= 15 is 0 Å². The van der Waals surface area contributed by atoms with Gasteiger partial charge in [-0.05, 0) is 69.1 Å². The van der Waals surface area contributed by atoms with Crippen LogP contribution >= 0.6 is 0 Å². The second-order valence-electron chi connectivity index (χ2n) is 13.2. The topological polar surface area (TPSA) is 65.0 Å². The van der Waals surface area contributed by atoms with Crippen molar-refractivity contribution in [2.24, 2.45) is 0 Å². The molecule has 0 amide bonds. The highest BCUT2D eigenvalue weighted by Crippen LogP contribution is 2.41. The zero-order chi connectivity index (χ0) is 34.2. The Morgan fingerprint density at radius 3 is 1.63 bits per heavy atom. The molecule has 3 aromatic heterocycles. The molecule has 52 heavy (non-hydrogen) atoms. The molecular formula is C47H27N3O2. The van der Waals surface area contributed by atoms with Gasteiger partial charge in [-0.2, -0.15) is 0 Å². The summed E-state index contributed by atoms with van der Waals surface area (Å²) in [6.07, 6.45) is 0. The highest BCUT2D eigenvalue weighted by Gasteiger charge is 2.21. The van der Waals surface area contributed by atoms with Crippen LogP contribution in [0.1, 0.15) is 0 Å². The molecule has 242 valence electrons. The number of hydrogen-bond donors (Lipinski definition) is 0. The lowest BCUT2D eigenvalue weighted by molar-refractivity contribution is 0.669. The lowest BCUT2D eigenvalue weighted by Gasteiger charge is -2.12. The van der Waals surface area contributed by atoms with Gasteiger partial charge in [0.15, 0.2) is 17.5 Å². The fraction of sp³-hybridized carbons (Fsp3) is 0. The molecule has 0 bridgehead atoms. The number of rotatable bonds is 4. The molecule has 3 heterocycles. The molecule has 11 aromatic rings. The highest BCUT2D eigenvalue weighted by molar-refractivity contribution is 6.22. The Labute approximate surface area is 297 Å². The molecule has 5 heteroatoms. The molecule has 8 aromatic carbocycles. The standard InChI is InChI=1S/C47H27N3O2/c1-2-11-28(12-3-1)29-21-22-31-26-32(24-23-30(31)25-29)45-48-46(37-17-10-20-41-44(37)36-16-7-8-18-39(36)51-41)50-47(49-45)38-27-42-43(34-14-5-4-13-33(34)38)35-15-6-9-19-40(35)52-42/h1-27H. The summed E-state index contributed by atoms with van der Waals surface area (Å²) in [4.78, 5) is 15.7. The average Bonchev–Trinajstić information content (AvgIpc) is 3.79. The lowest BCUT2D eigenvalue weighted by Crippen LogP contribution is -2.01. The summed E-state index contributed by atoms with van der Waals surface area (Å²) in [5.41, 5.74) is 8.29. The summed E-state index contributed by atoms with van der Waals surface area (Å²) >= 11 is 0. The fourth-order valence-electron chi connectivity index (χ4n) is 7.68. The maximum Gasteiger partial charge on any atom is 0.164 e. The van der Waals surface area contributed by atoms with Crippen LogP contribution in [-0.4, -0.2) is 15.0 Å². The molecule has 0 unspecified atom stereocenters. The van der Waals surface area contributed by atoms with Crippen molar-refractivity contribution in [3.05, 3.63) is 164 Å². The highest BCUT2D eigenvalue weighted by atomic mass is 16.3. The van der Waals surface area contributed by atoms with E-state index < -0.39 is 0 Å². The first-order valence-electron chi connectivity index (χ1n) is 17.3. The number of fused-ring (bicyclic) bond motifs is 9. The van der Waals surface area contributed by atoms with Crippen LogP contribution in [0.15, 0.2) is 173 Å². The largest absolute Gasteiger partial charge is 0.456 e. The van der Waals surface area contributed by atoms with Gasteiger partial charge in [0.25, 0.3) is 0 Å². The smallest absolute Gasteiger partial charge is 0.164 e. The van der Waals surface area contributed by atoms with Crippen LogP contribution in [0.4, 0.5) is 0 Å². The molecule has 0 spiro atoms. The minimum Gasteiger partial charge on any atom is -0.456 e. The van der Waals surface area contributed by atoms with Gasteiger partial charge in [-0.25, -0.2) is 15.0 Å². The first kappa shape index (κ1) is 28.7. The first-order chi connectivity index (χ1) is 25.7. The van der Waals surface area contributed by atoms with Crippen molar-refractivity contribution in [2.45, 2.75) is 0 Å². The number of hydrogen-bond acceptors (Lipinski definition) is 5. The third-order valence-electron chi connectivity index (χ3n) is 10.1. The van der Waals surface area contributed by atoms with E-state index in [4.69, 9.17) is 23.8 Å². The van der Waals surface area contributed by atoms with E-state index in [9.17, 15) is 0 Å². The Morgan fingerprint density at radius 1 is 0.308 bits per heavy atom. The van der Waals surface area contributed by atoms with Crippen molar-refractivity contribution >= 4 is 65.4 Å². The van der Waals surface area contributed by atoms with Gasteiger partial charge in [-0.15, -0.1) is 0 Å². The van der Waals surface area contributed by atoms with Gasteiger partial charge in [0.2, 0.25) is 0 Å². The van der Waals surface area contributed by atoms with Crippen molar-refractivity contribution < 1.29 is 8.83 Å². The lowest BCUT2D eigenvalue weighted by atomic mass is 9.98. The van der Waals surface area contributed by atoms with Crippen LogP contribution in [-0.2, 0) is 0 Å². The Balaban J connectivity index is 1.17. The van der Waals surface area contributed by atoms with Crippen LogP contribution in [0.2, 0.25) is 0 Å². The van der Waals surface area contributed by atoms with E-state index in [1.54, 1.807) is 0 Å². The van der Waals surface area contributed by atoms with Crippen molar-refractivity contribution in [3.8, 4) is 45.3 Å². The van der Waals surface area contributed by atoms with E-state index in [-0.39, 0.29) is 0 Å². The van der Waals surface area contributed by atoms with Crippen LogP contribution in [0.25, 0.3) is 111 Å². The van der Waals surface area contributed by atoms with Crippen LogP contribution in [0.5, 0.6) is 0 Å². The average molecular weight is 666 g/mol. The predicted molar refractivity (Wildman–Crippen MR) is 211 cm³/mol. The summed E-state index contributed by atoms with van der Waals surface area (Å²) in [6.45, 7) is 0. The van der Waals surface area contributed by atoms with Crippen LogP contribution in [0, 0.1) is 0 Å².